The Morgan fingerprint density at radius 3 is 2.91 bits per heavy atom. The summed E-state index contributed by atoms with van der Waals surface area (Å²) in [6, 6.07) is 3.52. The largest absolute Gasteiger partial charge is 0.504 e. The van der Waals surface area contributed by atoms with Crippen molar-refractivity contribution in [2.24, 2.45) is 5.92 Å². The lowest BCUT2D eigenvalue weighted by atomic mass is 9.80. The highest BCUT2D eigenvalue weighted by Crippen LogP contribution is 2.53. The monoisotopic (exact) mass is 618 g/mol. The summed E-state index contributed by atoms with van der Waals surface area (Å²) < 4.78 is 7.42. The van der Waals surface area contributed by atoms with Crippen LogP contribution in [0, 0.1) is 5.92 Å². The van der Waals surface area contributed by atoms with E-state index in [1.165, 1.54) is 18.8 Å². The van der Waals surface area contributed by atoms with Crippen molar-refractivity contribution < 1.29 is 19.4 Å². The molecular formula is C33H38N4O4S2. The van der Waals surface area contributed by atoms with Crippen LogP contribution in [0.15, 0.2) is 72.5 Å². The Labute approximate surface area is 260 Å². The average Bonchev–Trinajstić information content (AvgIpc) is 3.51. The fourth-order valence-electron chi connectivity index (χ4n) is 6.52. The molecule has 226 valence electrons. The van der Waals surface area contributed by atoms with Gasteiger partial charge in [0.15, 0.2) is 17.3 Å². The fourth-order valence-corrected chi connectivity index (χ4v) is 10.4. The van der Waals surface area contributed by atoms with Gasteiger partial charge in [-0.15, -0.1) is 0 Å². The molecule has 1 aliphatic carbocycles. The number of ketones is 2. The first-order valence-electron chi connectivity index (χ1n) is 14.9. The first-order chi connectivity index (χ1) is 20.9. The molecule has 8 nitrogen and oxygen atoms in total. The third-order valence-electron chi connectivity index (χ3n) is 8.94. The van der Waals surface area contributed by atoms with Crippen molar-refractivity contribution in [2.45, 2.75) is 67.7 Å². The third kappa shape index (κ3) is 6.23. The second-order valence-corrected chi connectivity index (χ2v) is 14.4. The minimum atomic E-state index is -0.219. The van der Waals surface area contributed by atoms with Crippen LogP contribution in [0.5, 0.6) is 11.5 Å². The SMILES string of the molecule is CC[C@H]1CCC(=O)CC(=O)/C=C/c2cc(OC)c(O)cc2[C@@H]2/C=C/[C@H]1SS[C@@]1(Cn3ccnc3)CCNC3NC=C2C=C31. The summed E-state index contributed by atoms with van der Waals surface area (Å²) in [4.78, 5) is 30.0. The van der Waals surface area contributed by atoms with Crippen LogP contribution in [-0.2, 0) is 16.1 Å². The average molecular weight is 619 g/mol. The molecular weight excluding hydrogens is 581 g/mol. The quantitative estimate of drug-likeness (QED) is 0.232. The minimum Gasteiger partial charge on any atom is -0.504 e. The number of hydrogen-bond donors (Lipinski definition) is 3. The van der Waals surface area contributed by atoms with Crippen LogP contribution < -0.4 is 15.4 Å². The number of hydrogen-bond acceptors (Lipinski definition) is 9. The number of nitrogens with zero attached hydrogens (tertiary/aromatic N) is 2. The second kappa shape index (κ2) is 12.8. The molecule has 1 aromatic heterocycles. The fraction of sp³-hybridized carbons (Fsp3) is 0.424. The van der Waals surface area contributed by atoms with Crippen molar-refractivity contribution >= 4 is 39.2 Å². The molecule has 2 aromatic rings. The van der Waals surface area contributed by atoms with Gasteiger partial charge in [0.05, 0.1) is 24.6 Å². The Balaban J connectivity index is 1.55. The van der Waals surface area contributed by atoms with Crippen molar-refractivity contribution in [1.82, 2.24) is 20.2 Å². The van der Waals surface area contributed by atoms with Gasteiger partial charge in [-0.1, -0.05) is 59.2 Å². The van der Waals surface area contributed by atoms with Crippen LogP contribution >= 0.6 is 21.6 Å². The molecule has 3 N–H and O–H groups in total. The first kappa shape index (κ1) is 29.8. The minimum absolute atomic E-state index is 0.00285. The Hall–Kier alpha value is -3.21. The summed E-state index contributed by atoms with van der Waals surface area (Å²) in [5.41, 5.74) is 3.99. The molecule has 0 radical (unpaired) electrons. The first-order valence-corrected chi connectivity index (χ1v) is 17.1. The van der Waals surface area contributed by atoms with E-state index in [1.807, 2.05) is 40.3 Å². The number of benzene rings is 1. The molecule has 0 spiro atoms. The maximum atomic E-state index is 12.9. The molecule has 4 bridgehead atoms. The number of Topliss-reactive ketones (excluding diaryl/α,β-unsaturated/α-hetero) is 1. The molecule has 43 heavy (non-hydrogen) atoms. The number of phenols is 1. The third-order valence-corrected chi connectivity index (χ3v) is 12.6. The number of nitrogens with one attached hydrogen (secondary N) is 2. The zero-order chi connectivity index (χ0) is 30.0. The van der Waals surface area contributed by atoms with Gasteiger partial charge in [0.2, 0.25) is 0 Å². The number of ether oxygens (including phenoxy) is 1. The van der Waals surface area contributed by atoms with Gasteiger partial charge in [0.25, 0.3) is 0 Å². The highest BCUT2D eigenvalue weighted by Gasteiger charge is 2.45. The Morgan fingerprint density at radius 1 is 1.23 bits per heavy atom. The van der Waals surface area contributed by atoms with Crippen LogP contribution in [0.1, 0.15) is 56.1 Å². The van der Waals surface area contributed by atoms with Crippen molar-refractivity contribution in [3.05, 3.63) is 83.6 Å². The zero-order valence-electron chi connectivity index (χ0n) is 24.5. The van der Waals surface area contributed by atoms with Crippen LogP contribution in [0.3, 0.4) is 0 Å². The summed E-state index contributed by atoms with van der Waals surface area (Å²) in [6.07, 6.45) is 20.8. The van der Waals surface area contributed by atoms with Gasteiger partial charge in [0.1, 0.15) is 11.9 Å². The van der Waals surface area contributed by atoms with Gasteiger partial charge in [-0.2, -0.15) is 0 Å². The number of rotatable bonds is 4. The number of aromatic hydroxyl groups is 1. The lowest BCUT2D eigenvalue weighted by Gasteiger charge is -2.46. The lowest BCUT2D eigenvalue weighted by molar-refractivity contribution is -0.124. The highest BCUT2D eigenvalue weighted by molar-refractivity contribution is 8.77. The van der Waals surface area contributed by atoms with Crippen molar-refractivity contribution in [2.75, 3.05) is 13.7 Å². The number of piperidine rings is 1. The molecule has 1 unspecified atom stereocenters. The Morgan fingerprint density at radius 2 is 2.12 bits per heavy atom. The second-order valence-electron chi connectivity index (χ2n) is 11.7. The van der Waals surface area contributed by atoms with Crippen LogP contribution in [0.4, 0.5) is 0 Å². The summed E-state index contributed by atoms with van der Waals surface area (Å²) in [5, 5.41) is 18.4. The molecule has 6 rings (SSSR count). The Bertz CT molecular complexity index is 1500. The van der Waals surface area contributed by atoms with E-state index in [0.717, 1.165) is 49.1 Å². The molecule has 4 aliphatic rings. The Kier molecular flexibility index (Phi) is 8.88. The number of aromatic nitrogens is 2. The lowest BCUT2D eigenvalue weighted by Crippen LogP contribution is -2.56. The van der Waals surface area contributed by atoms with Gasteiger partial charge < -0.3 is 19.7 Å². The molecule has 5 atom stereocenters. The van der Waals surface area contributed by atoms with Gasteiger partial charge >= 0.3 is 0 Å². The normalized spacial score (nSPS) is 30.7. The predicted molar refractivity (Wildman–Crippen MR) is 173 cm³/mol. The molecule has 3 aliphatic heterocycles. The van der Waals surface area contributed by atoms with E-state index in [2.05, 4.69) is 51.5 Å². The number of imidazole rings is 1. The maximum Gasteiger partial charge on any atom is 0.163 e. The van der Waals surface area contributed by atoms with E-state index in [9.17, 15) is 14.7 Å². The number of carbonyl (C=O) groups is 2. The predicted octanol–water partition coefficient (Wildman–Crippen LogP) is 5.53. The summed E-state index contributed by atoms with van der Waals surface area (Å²) in [5.74, 6) is 0.190. The van der Waals surface area contributed by atoms with Crippen molar-refractivity contribution in [3.8, 4) is 11.5 Å². The molecule has 1 fully saturated rings. The molecule has 1 aromatic carbocycles. The van der Waals surface area contributed by atoms with E-state index in [4.69, 9.17) is 4.74 Å². The number of phenolic OH excluding ortho intramolecular Hbond substituents is 1. The molecule has 10 heteroatoms. The van der Waals surface area contributed by atoms with E-state index < -0.39 is 0 Å². The van der Waals surface area contributed by atoms with Crippen LogP contribution in [0.25, 0.3) is 6.08 Å². The standard InChI is InChI=1S/C33H38N4O4S2/c1-3-21-4-6-24(38)16-25(39)7-5-22-15-30(41-2)29(40)17-27(22)26-8-9-31(21)42-43-33(19-37-13-12-34-20-37)10-11-35-32-28(33)14-23(26)18-36-32/h5,7-9,12-15,17-18,20-21,26,31-32,35-36,40H,3-4,6,10-11,16,19H2,1-2H3/b7-5+,9-8+/t21-,26+,31+,32?,33+/m0/s1. The van der Waals surface area contributed by atoms with Crippen molar-refractivity contribution in [3.63, 3.8) is 0 Å². The zero-order valence-corrected chi connectivity index (χ0v) is 26.1. The van der Waals surface area contributed by atoms with Crippen molar-refractivity contribution in [1.29, 1.82) is 0 Å². The summed E-state index contributed by atoms with van der Waals surface area (Å²) >= 11 is 0. The van der Waals surface area contributed by atoms with Gasteiger partial charge in [-0.25, -0.2) is 4.98 Å². The molecule has 0 amide bonds. The number of carbonyl (C=O) groups excluding carboxylic acids is 2. The summed E-state index contributed by atoms with van der Waals surface area (Å²) in [6.45, 7) is 3.86. The van der Waals surface area contributed by atoms with Crippen LogP contribution in [0.2, 0.25) is 0 Å². The van der Waals surface area contributed by atoms with Gasteiger partial charge in [-0.3, -0.25) is 14.9 Å². The number of dihydropyridines is 1. The molecule has 1 saturated heterocycles. The number of fused-ring (bicyclic) bond motifs is 6. The van der Waals surface area contributed by atoms with Gasteiger partial charge in [-0.05, 0) is 65.8 Å². The maximum absolute atomic E-state index is 12.9. The highest BCUT2D eigenvalue weighted by atomic mass is 33.1. The van der Waals surface area contributed by atoms with Gasteiger partial charge in [0, 0.05) is 42.7 Å². The van der Waals surface area contributed by atoms with E-state index in [1.54, 1.807) is 18.2 Å². The van der Waals surface area contributed by atoms with E-state index >= 15 is 0 Å². The topological polar surface area (TPSA) is 105 Å². The smallest absolute Gasteiger partial charge is 0.163 e. The number of methoxy groups -OCH3 is 1. The molecule has 4 heterocycles. The number of allylic oxidation sites excluding steroid dienone is 4. The van der Waals surface area contributed by atoms with Crippen LogP contribution in [-0.4, -0.2) is 56.0 Å². The summed E-state index contributed by atoms with van der Waals surface area (Å²) in [7, 11) is 5.35. The van der Waals surface area contributed by atoms with E-state index in [-0.39, 0.29) is 51.7 Å². The molecule has 0 saturated carbocycles. The van der Waals surface area contributed by atoms with E-state index in [0.29, 0.717) is 12.2 Å².